The first-order valence-corrected chi connectivity index (χ1v) is 6.28. The Labute approximate surface area is 98.1 Å². The molecule has 0 atom stereocenters. The van der Waals surface area contributed by atoms with E-state index in [0.29, 0.717) is 0 Å². The molecule has 1 aromatic carbocycles. The SMILES string of the molecule is CCCCCC1(C#N)Cc2ccccc2C1. The van der Waals surface area contributed by atoms with Crippen LogP contribution in [-0.2, 0) is 12.8 Å². The molecule has 1 heteroatoms. The van der Waals surface area contributed by atoms with Crippen LogP contribution in [0.1, 0.15) is 43.7 Å². The van der Waals surface area contributed by atoms with E-state index in [1.54, 1.807) is 0 Å². The Morgan fingerprint density at radius 1 is 1.19 bits per heavy atom. The van der Waals surface area contributed by atoms with E-state index in [9.17, 15) is 5.26 Å². The molecule has 0 amide bonds. The molecule has 0 N–H and O–H groups in total. The van der Waals surface area contributed by atoms with Crippen molar-refractivity contribution in [2.75, 3.05) is 0 Å². The van der Waals surface area contributed by atoms with Gasteiger partial charge in [0.1, 0.15) is 0 Å². The number of nitriles is 1. The molecule has 0 saturated heterocycles. The van der Waals surface area contributed by atoms with Crippen LogP contribution in [0.25, 0.3) is 0 Å². The van der Waals surface area contributed by atoms with Gasteiger partial charge in [-0.25, -0.2) is 0 Å². The summed E-state index contributed by atoms with van der Waals surface area (Å²) in [6.45, 7) is 2.21. The fourth-order valence-corrected chi connectivity index (χ4v) is 2.72. The van der Waals surface area contributed by atoms with Gasteiger partial charge in [0, 0.05) is 0 Å². The molecule has 84 valence electrons. The summed E-state index contributed by atoms with van der Waals surface area (Å²) in [7, 11) is 0. The van der Waals surface area contributed by atoms with E-state index in [4.69, 9.17) is 0 Å². The maximum Gasteiger partial charge on any atom is 0.0696 e. The molecule has 1 aliphatic rings. The highest BCUT2D eigenvalue weighted by molar-refractivity contribution is 5.36. The zero-order valence-corrected chi connectivity index (χ0v) is 10.00. The van der Waals surface area contributed by atoms with Gasteiger partial charge < -0.3 is 0 Å². The van der Waals surface area contributed by atoms with Gasteiger partial charge in [-0.3, -0.25) is 0 Å². The van der Waals surface area contributed by atoms with Crippen molar-refractivity contribution < 1.29 is 0 Å². The smallest absolute Gasteiger partial charge is 0.0696 e. The number of nitrogens with zero attached hydrogens (tertiary/aromatic N) is 1. The highest BCUT2D eigenvalue weighted by Crippen LogP contribution is 2.40. The molecule has 0 heterocycles. The predicted molar refractivity (Wildman–Crippen MR) is 66.0 cm³/mol. The highest BCUT2D eigenvalue weighted by atomic mass is 14.4. The summed E-state index contributed by atoms with van der Waals surface area (Å²) in [6, 6.07) is 11.1. The van der Waals surface area contributed by atoms with Gasteiger partial charge in [-0.15, -0.1) is 0 Å². The maximum absolute atomic E-state index is 9.44. The first-order valence-electron chi connectivity index (χ1n) is 6.28. The topological polar surface area (TPSA) is 23.8 Å². The summed E-state index contributed by atoms with van der Waals surface area (Å²) in [4.78, 5) is 0. The predicted octanol–water partition coefficient (Wildman–Crippen LogP) is 3.88. The van der Waals surface area contributed by atoms with Crippen molar-refractivity contribution in [3.8, 4) is 6.07 Å². The van der Waals surface area contributed by atoms with E-state index in [2.05, 4.69) is 37.3 Å². The lowest BCUT2D eigenvalue weighted by Crippen LogP contribution is -2.18. The normalized spacial score (nSPS) is 16.8. The summed E-state index contributed by atoms with van der Waals surface area (Å²) in [5, 5.41) is 9.44. The molecule has 1 aromatic rings. The molecule has 0 fully saturated rings. The monoisotopic (exact) mass is 213 g/mol. The van der Waals surface area contributed by atoms with E-state index >= 15 is 0 Å². The molecule has 0 unspecified atom stereocenters. The van der Waals surface area contributed by atoms with E-state index in [-0.39, 0.29) is 5.41 Å². The van der Waals surface area contributed by atoms with Crippen LogP contribution in [0.15, 0.2) is 24.3 Å². The van der Waals surface area contributed by atoms with E-state index in [0.717, 1.165) is 19.3 Å². The van der Waals surface area contributed by atoms with E-state index in [1.807, 2.05) is 0 Å². The number of rotatable bonds is 4. The van der Waals surface area contributed by atoms with Gasteiger partial charge >= 0.3 is 0 Å². The van der Waals surface area contributed by atoms with Crippen molar-refractivity contribution in [1.29, 1.82) is 5.26 Å². The minimum atomic E-state index is -0.0984. The zero-order chi connectivity index (χ0) is 11.4. The fourth-order valence-electron chi connectivity index (χ4n) is 2.72. The second-order valence-corrected chi connectivity index (χ2v) is 4.97. The molecule has 0 aromatic heterocycles. The third kappa shape index (κ3) is 2.11. The van der Waals surface area contributed by atoms with Crippen molar-refractivity contribution in [2.45, 2.75) is 45.4 Å². The van der Waals surface area contributed by atoms with Gasteiger partial charge in [-0.2, -0.15) is 5.26 Å². The third-order valence-corrected chi connectivity index (χ3v) is 3.67. The molecule has 0 radical (unpaired) electrons. The van der Waals surface area contributed by atoms with Crippen molar-refractivity contribution in [3.63, 3.8) is 0 Å². The van der Waals surface area contributed by atoms with Crippen molar-refractivity contribution >= 4 is 0 Å². The number of hydrogen-bond donors (Lipinski definition) is 0. The Morgan fingerprint density at radius 2 is 1.81 bits per heavy atom. The zero-order valence-electron chi connectivity index (χ0n) is 10.00. The fraction of sp³-hybridized carbons (Fsp3) is 0.533. The van der Waals surface area contributed by atoms with Crippen LogP contribution < -0.4 is 0 Å². The Kier molecular flexibility index (Phi) is 3.29. The van der Waals surface area contributed by atoms with E-state index < -0.39 is 0 Å². The van der Waals surface area contributed by atoms with E-state index in [1.165, 1.54) is 30.4 Å². The molecule has 0 saturated carbocycles. The second-order valence-electron chi connectivity index (χ2n) is 4.97. The van der Waals surface area contributed by atoms with Crippen molar-refractivity contribution in [2.24, 2.45) is 5.41 Å². The minimum Gasteiger partial charge on any atom is -0.198 e. The Hall–Kier alpha value is -1.29. The maximum atomic E-state index is 9.44. The second kappa shape index (κ2) is 4.70. The van der Waals surface area contributed by atoms with Gasteiger partial charge in [0.15, 0.2) is 0 Å². The van der Waals surface area contributed by atoms with Crippen LogP contribution in [0, 0.1) is 16.7 Å². The van der Waals surface area contributed by atoms with Gasteiger partial charge in [0.2, 0.25) is 0 Å². The standard InChI is InChI=1S/C15H19N/c1-2-3-6-9-15(12-16)10-13-7-4-5-8-14(13)11-15/h4-5,7-8H,2-3,6,9-11H2,1H3. The molecule has 0 bridgehead atoms. The molecule has 0 aliphatic heterocycles. The first-order chi connectivity index (χ1) is 7.79. The molecule has 1 aliphatic carbocycles. The van der Waals surface area contributed by atoms with Gasteiger partial charge in [-0.1, -0.05) is 50.5 Å². The molecule has 1 nitrogen and oxygen atoms in total. The Morgan fingerprint density at radius 3 is 2.31 bits per heavy atom. The van der Waals surface area contributed by atoms with Crippen molar-refractivity contribution in [3.05, 3.63) is 35.4 Å². The van der Waals surface area contributed by atoms with Crippen LogP contribution in [0.4, 0.5) is 0 Å². The molecule has 16 heavy (non-hydrogen) atoms. The highest BCUT2D eigenvalue weighted by Gasteiger charge is 2.36. The number of unbranched alkanes of at least 4 members (excludes halogenated alkanes) is 2. The largest absolute Gasteiger partial charge is 0.198 e. The lowest BCUT2D eigenvalue weighted by atomic mass is 9.81. The van der Waals surface area contributed by atoms with Crippen LogP contribution in [0.3, 0.4) is 0 Å². The van der Waals surface area contributed by atoms with Crippen molar-refractivity contribution in [1.82, 2.24) is 0 Å². The van der Waals surface area contributed by atoms with Gasteiger partial charge in [-0.05, 0) is 30.4 Å². The lowest BCUT2D eigenvalue weighted by molar-refractivity contribution is 0.367. The lowest BCUT2D eigenvalue weighted by Gasteiger charge is -2.19. The number of hydrogen-bond acceptors (Lipinski definition) is 1. The first kappa shape index (κ1) is 11.2. The minimum absolute atomic E-state index is 0.0984. The van der Waals surface area contributed by atoms with Crippen LogP contribution in [-0.4, -0.2) is 0 Å². The molecule has 0 spiro atoms. The summed E-state index contributed by atoms with van der Waals surface area (Å²) in [6.07, 6.45) is 6.66. The Bertz CT molecular complexity index is 375. The number of benzene rings is 1. The number of fused-ring (bicyclic) bond motifs is 1. The quantitative estimate of drug-likeness (QED) is 0.696. The molecule has 2 rings (SSSR count). The summed E-state index contributed by atoms with van der Waals surface area (Å²) < 4.78 is 0. The van der Waals surface area contributed by atoms with Gasteiger partial charge in [0.25, 0.3) is 0 Å². The van der Waals surface area contributed by atoms with Crippen LogP contribution in [0.5, 0.6) is 0 Å². The third-order valence-electron chi connectivity index (χ3n) is 3.67. The summed E-state index contributed by atoms with van der Waals surface area (Å²) in [5.74, 6) is 0. The summed E-state index contributed by atoms with van der Waals surface area (Å²) >= 11 is 0. The molecular formula is C15H19N. The summed E-state index contributed by atoms with van der Waals surface area (Å²) in [5.41, 5.74) is 2.68. The Balaban J connectivity index is 2.08. The molecular weight excluding hydrogens is 194 g/mol. The average molecular weight is 213 g/mol. The van der Waals surface area contributed by atoms with Gasteiger partial charge in [0.05, 0.1) is 11.5 Å². The van der Waals surface area contributed by atoms with Crippen LogP contribution in [0.2, 0.25) is 0 Å². The van der Waals surface area contributed by atoms with Crippen LogP contribution >= 0.6 is 0 Å². The average Bonchev–Trinajstić information content (AvgIpc) is 2.68.